The SMILES string of the molecule is Cn1cc(Br)cc1C(=O)Nc1cc(S(C)(=O)=O)ccc1F. The third-order valence-corrected chi connectivity index (χ3v) is 4.36. The fourth-order valence-corrected chi connectivity index (χ4v) is 2.94. The summed E-state index contributed by atoms with van der Waals surface area (Å²) in [6.07, 6.45) is 2.69. The van der Waals surface area contributed by atoms with Gasteiger partial charge in [0, 0.05) is 24.0 Å². The highest BCUT2D eigenvalue weighted by atomic mass is 79.9. The number of benzene rings is 1. The van der Waals surface area contributed by atoms with Gasteiger partial charge >= 0.3 is 0 Å². The molecule has 112 valence electrons. The minimum atomic E-state index is -3.48. The molecule has 1 N–H and O–H groups in total. The van der Waals surface area contributed by atoms with Crippen LogP contribution in [-0.2, 0) is 16.9 Å². The van der Waals surface area contributed by atoms with E-state index in [0.29, 0.717) is 10.2 Å². The number of sulfone groups is 1. The Kier molecular flexibility index (Phi) is 4.20. The number of carbonyl (C=O) groups excluding carboxylic acids is 1. The summed E-state index contributed by atoms with van der Waals surface area (Å²) in [7, 11) is -1.81. The lowest BCUT2D eigenvalue weighted by Crippen LogP contribution is -2.16. The molecular formula is C13H12BrFN2O3S. The van der Waals surface area contributed by atoms with Crippen molar-refractivity contribution in [1.82, 2.24) is 4.57 Å². The third kappa shape index (κ3) is 3.51. The van der Waals surface area contributed by atoms with Gasteiger partial charge in [0.05, 0.1) is 10.6 Å². The molecule has 0 saturated heterocycles. The Labute approximate surface area is 129 Å². The van der Waals surface area contributed by atoms with Crippen LogP contribution in [0.25, 0.3) is 0 Å². The van der Waals surface area contributed by atoms with Gasteiger partial charge in [-0.15, -0.1) is 0 Å². The smallest absolute Gasteiger partial charge is 0.272 e. The minimum absolute atomic E-state index is 0.0627. The molecule has 0 atom stereocenters. The maximum atomic E-state index is 13.7. The second-order valence-corrected chi connectivity index (χ2v) is 7.45. The van der Waals surface area contributed by atoms with Crippen molar-refractivity contribution in [1.29, 1.82) is 0 Å². The van der Waals surface area contributed by atoms with Crippen LogP contribution in [-0.4, -0.2) is 25.1 Å². The molecule has 2 rings (SSSR count). The van der Waals surface area contributed by atoms with Crippen LogP contribution >= 0.6 is 15.9 Å². The van der Waals surface area contributed by atoms with E-state index in [4.69, 9.17) is 0 Å². The van der Waals surface area contributed by atoms with Crippen molar-refractivity contribution in [3.05, 3.63) is 46.4 Å². The number of amides is 1. The predicted molar refractivity (Wildman–Crippen MR) is 80.6 cm³/mol. The van der Waals surface area contributed by atoms with Crippen LogP contribution in [0.1, 0.15) is 10.5 Å². The van der Waals surface area contributed by atoms with E-state index in [0.717, 1.165) is 24.5 Å². The van der Waals surface area contributed by atoms with E-state index in [1.54, 1.807) is 23.9 Å². The van der Waals surface area contributed by atoms with Crippen LogP contribution in [0.3, 0.4) is 0 Å². The molecular weight excluding hydrogens is 363 g/mol. The standard InChI is InChI=1S/C13H12BrFN2O3S/c1-17-7-8(14)5-12(17)13(18)16-11-6-9(21(2,19)20)3-4-10(11)15/h3-7H,1-2H3,(H,16,18). The molecule has 1 aromatic heterocycles. The molecule has 2 aromatic rings. The summed E-state index contributed by atoms with van der Waals surface area (Å²) in [5, 5.41) is 2.37. The first-order valence-electron chi connectivity index (χ1n) is 5.81. The second kappa shape index (κ2) is 5.61. The predicted octanol–water partition coefficient (Wildman–Crippen LogP) is 2.58. The zero-order valence-electron chi connectivity index (χ0n) is 11.2. The molecule has 8 heteroatoms. The monoisotopic (exact) mass is 374 g/mol. The zero-order valence-corrected chi connectivity index (χ0v) is 13.6. The van der Waals surface area contributed by atoms with E-state index >= 15 is 0 Å². The molecule has 0 unspecified atom stereocenters. The average Bonchev–Trinajstić information content (AvgIpc) is 2.70. The molecule has 0 aliphatic heterocycles. The summed E-state index contributed by atoms with van der Waals surface area (Å²) in [5.41, 5.74) is 0.131. The minimum Gasteiger partial charge on any atom is -0.345 e. The van der Waals surface area contributed by atoms with E-state index in [2.05, 4.69) is 21.2 Å². The van der Waals surface area contributed by atoms with Gasteiger partial charge in [0.1, 0.15) is 11.5 Å². The van der Waals surface area contributed by atoms with Gasteiger partial charge in [-0.25, -0.2) is 12.8 Å². The van der Waals surface area contributed by atoms with Gasteiger partial charge in [-0.05, 0) is 40.2 Å². The number of anilines is 1. The van der Waals surface area contributed by atoms with Crippen LogP contribution in [0.5, 0.6) is 0 Å². The van der Waals surface area contributed by atoms with Crippen LogP contribution < -0.4 is 5.32 Å². The third-order valence-electron chi connectivity index (χ3n) is 2.82. The first kappa shape index (κ1) is 15.7. The summed E-state index contributed by atoms with van der Waals surface area (Å²) >= 11 is 3.23. The topological polar surface area (TPSA) is 68.2 Å². The van der Waals surface area contributed by atoms with E-state index in [-0.39, 0.29) is 10.6 Å². The molecule has 1 amide bonds. The Morgan fingerprint density at radius 1 is 1.33 bits per heavy atom. The Bertz CT molecular complexity index is 815. The maximum Gasteiger partial charge on any atom is 0.272 e. The van der Waals surface area contributed by atoms with E-state index in [9.17, 15) is 17.6 Å². The van der Waals surface area contributed by atoms with Crippen molar-refractivity contribution < 1.29 is 17.6 Å². The number of aromatic nitrogens is 1. The molecule has 0 bridgehead atoms. The molecule has 5 nitrogen and oxygen atoms in total. The van der Waals surface area contributed by atoms with Crippen molar-refractivity contribution in [2.45, 2.75) is 4.90 Å². The molecule has 1 aromatic carbocycles. The van der Waals surface area contributed by atoms with Gasteiger partial charge in [-0.2, -0.15) is 0 Å². The summed E-state index contributed by atoms with van der Waals surface area (Å²) in [5.74, 6) is -1.24. The van der Waals surface area contributed by atoms with E-state index in [1.165, 1.54) is 0 Å². The summed E-state index contributed by atoms with van der Waals surface area (Å²) < 4.78 is 38.9. The summed E-state index contributed by atoms with van der Waals surface area (Å²) in [6, 6.07) is 4.83. The lowest BCUT2D eigenvalue weighted by Gasteiger charge is -2.08. The van der Waals surface area contributed by atoms with Gasteiger partial charge in [-0.3, -0.25) is 4.79 Å². The van der Waals surface area contributed by atoms with Gasteiger partial charge in [0.2, 0.25) is 0 Å². The van der Waals surface area contributed by atoms with Crippen molar-refractivity contribution in [2.24, 2.45) is 7.05 Å². The van der Waals surface area contributed by atoms with Crippen LogP contribution in [0, 0.1) is 5.82 Å². The number of hydrogen-bond acceptors (Lipinski definition) is 3. The molecule has 0 fully saturated rings. The lowest BCUT2D eigenvalue weighted by atomic mass is 10.3. The molecule has 0 radical (unpaired) electrons. The highest BCUT2D eigenvalue weighted by Gasteiger charge is 2.16. The Morgan fingerprint density at radius 3 is 2.52 bits per heavy atom. The molecule has 1 heterocycles. The number of halogens is 2. The largest absolute Gasteiger partial charge is 0.345 e. The number of nitrogens with zero attached hydrogens (tertiary/aromatic N) is 1. The van der Waals surface area contributed by atoms with Crippen molar-refractivity contribution >= 4 is 37.4 Å². The Hall–Kier alpha value is -1.67. The normalized spacial score (nSPS) is 11.4. The van der Waals surface area contributed by atoms with Crippen LogP contribution in [0.15, 0.2) is 39.8 Å². The Balaban J connectivity index is 2.35. The molecule has 0 aliphatic carbocycles. The average molecular weight is 375 g/mol. The van der Waals surface area contributed by atoms with Crippen LogP contribution in [0.4, 0.5) is 10.1 Å². The number of hydrogen-bond donors (Lipinski definition) is 1. The van der Waals surface area contributed by atoms with E-state index in [1.807, 2.05) is 0 Å². The molecule has 21 heavy (non-hydrogen) atoms. The fourth-order valence-electron chi connectivity index (χ4n) is 1.77. The van der Waals surface area contributed by atoms with E-state index < -0.39 is 21.6 Å². The zero-order chi connectivity index (χ0) is 15.8. The van der Waals surface area contributed by atoms with Gasteiger partial charge < -0.3 is 9.88 Å². The maximum absolute atomic E-state index is 13.7. The Morgan fingerprint density at radius 2 is 2.00 bits per heavy atom. The fraction of sp³-hybridized carbons (Fsp3) is 0.154. The highest BCUT2D eigenvalue weighted by molar-refractivity contribution is 9.10. The molecule has 0 spiro atoms. The van der Waals surface area contributed by atoms with Gasteiger partial charge in [-0.1, -0.05) is 0 Å². The lowest BCUT2D eigenvalue weighted by molar-refractivity contribution is 0.101. The van der Waals surface area contributed by atoms with Crippen molar-refractivity contribution in [3.63, 3.8) is 0 Å². The van der Waals surface area contributed by atoms with Crippen LogP contribution in [0.2, 0.25) is 0 Å². The summed E-state index contributed by atoms with van der Waals surface area (Å²) in [4.78, 5) is 12.0. The van der Waals surface area contributed by atoms with Gasteiger partial charge in [0.25, 0.3) is 5.91 Å². The number of rotatable bonds is 3. The molecule has 0 aliphatic rings. The van der Waals surface area contributed by atoms with Crippen molar-refractivity contribution in [2.75, 3.05) is 11.6 Å². The quantitative estimate of drug-likeness (QED) is 0.839. The molecule has 0 saturated carbocycles. The first-order chi connectivity index (χ1) is 9.68. The summed E-state index contributed by atoms with van der Waals surface area (Å²) in [6.45, 7) is 0. The van der Waals surface area contributed by atoms with Crippen molar-refractivity contribution in [3.8, 4) is 0 Å². The number of nitrogens with one attached hydrogen (secondary N) is 1. The number of aryl methyl sites for hydroxylation is 1. The number of carbonyl (C=O) groups is 1. The first-order valence-corrected chi connectivity index (χ1v) is 8.50. The second-order valence-electron chi connectivity index (χ2n) is 4.52. The van der Waals surface area contributed by atoms with Gasteiger partial charge in [0.15, 0.2) is 9.84 Å². The highest BCUT2D eigenvalue weighted by Crippen LogP contribution is 2.21.